The van der Waals surface area contributed by atoms with Crippen molar-refractivity contribution in [2.24, 2.45) is 0 Å². The van der Waals surface area contributed by atoms with E-state index in [9.17, 15) is 9.90 Å². The van der Waals surface area contributed by atoms with Gasteiger partial charge >= 0.3 is 0 Å². The molecule has 1 aromatic rings. The Kier molecular flexibility index (Phi) is 5.81. The Morgan fingerprint density at radius 1 is 1.53 bits per heavy atom. The van der Waals surface area contributed by atoms with Gasteiger partial charge in [-0.1, -0.05) is 18.5 Å². The first kappa shape index (κ1) is 15.5. The van der Waals surface area contributed by atoms with Crippen LogP contribution < -0.4 is 0 Å². The molecule has 0 radical (unpaired) electrons. The van der Waals surface area contributed by atoms with Crippen LogP contribution in [0.15, 0.2) is 12.1 Å². The Morgan fingerprint density at radius 3 is 2.74 bits per heavy atom. The molecule has 0 aliphatic carbocycles. The zero-order chi connectivity index (χ0) is 14.4. The summed E-state index contributed by atoms with van der Waals surface area (Å²) in [6, 6.07) is 5.21. The zero-order valence-electron chi connectivity index (χ0n) is 11.1. The molecule has 0 unspecified atom stereocenters. The molecular formula is C14H17ClN2O2. The summed E-state index contributed by atoms with van der Waals surface area (Å²) in [6.07, 6.45) is 0.425. The molecule has 0 aromatic heterocycles. The molecular weight excluding hydrogens is 264 g/mol. The Labute approximate surface area is 118 Å². The molecule has 1 N–H and O–H groups in total. The highest BCUT2D eigenvalue weighted by Crippen LogP contribution is 2.28. The maximum Gasteiger partial charge on any atom is 0.163 e. The van der Waals surface area contributed by atoms with Gasteiger partial charge in [-0.25, -0.2) is 0 Å². The number of phenols is 1. The second-order valence-corrected chi connectivity index (χ2v) is 4.73. The predicted molar refractivity (Wildman–Crippen MR) is 74.3 cm³/mol. The van der Waals surface area contributed by atoms with Crippen molar-refractivity contribution in [2.75, 3.05) is 13.1 Å². The van der Waals surface area contributed by atoms with E-state index in [0.29, 0.717) is 30.1 Å². The second-order valence-electron chi connectivity index (χ2n) is 4.29. The number of nitrogens with zero attached hydrogens (tertiary/aromatic N) is 2. The average molecular weight is 281 g/mol. The van der Waals surface area contributed by atoms with Gasteiger partial charge in [-0.3, -0.25) is 9.69 Å². The summed E-state index contributed by atoms with van der Waals surface area (Å²) in [4.78, 5) is 13.4. The van der Waals surface area contributed by atoms with Crippen LogP contribution in [0.1, 0.15) is 36.2 Å². The number of hydrogen-bond acceptors (Lipinski definition) is 4. The van der Waals surface area contributed by atoms with Gasteiger partial charge in [0, 0.05) is 30.1 Å². The monoisotopic (exact) mass is 280 g/mol. The number of carbonyl (C=O) groups is 1. The van der Waals surface area contributed by atoms with Crippen LogP contribution in [-0.4, -0.2) is 28.9 Å². The lowest BCUT2D eigenvalue weighted by molar-refractivity contribution is 0.101. The van der Waals surface area contributed by atoms with Crippen LogP contribution in [0.5, 0.6) is 5.75 Å². The molecule has 0 atom stereocenters. The van der Waals surface area contributed by atoms with Gasteiger partial charge in [-0.15, -0.1) is 0 Å². The molecule has 102 valence electrons. The van der Waals surface area contributed by atoms with Crippen LogP contribution >= 0.6 is 11.6 Å². The Morgan fingerprint density at radius 2 is 2.21 bits per heavy atom. The van der Waals surface area contributed by atoms with Crippen LogP contribution in [0.2, 0.25) is 5.02 Å². The molecule has 4 nitrogen and oxygen atoms in total. The van der Waals surface area contributed by atoms with Gasteiger partial charge in [0.25, 0.3) is 0 Å². The Hall–Kier alpha value is -1.57. The second kappa shape index (κ2) is 7.13. The third-order valence-corrected chi connectivity index (χ3v) is 3.13. The lowest BCUT2D eigenvalue weighted by atomic mass is 10.1. The fourth-order valence-corrected chi connectivity index (χ4v) is 2.08. The van der Waals surface area contributed by atoms with Crippen LogP contribution in [-0.2, 0) is 6.54 Å². The van der Waals surface area contributed by atoms with E-state index in [0.717, 1.165) is 6.54 Å². The minimum Gasteiger partial charge on any atom is -0.507 e. The minimum absolute atomic E-state index is 0.0210. The fourth-order valence-electron chi connectivity index (χ4n) is 1.84. The highest BCUT2D eigenvalue weighted by Gasteiger charge is 2.15. The number of ketones is 1. The van der Waals surface area contributed by atoms with E-state index in [1.807, 2.05) is 11.8 Å². The molecule has 0 aliphatic heterocycles. The van der Waals surface area contributed by atoms with Crippen molar-refractivity contribution < 1.29 is 9.90 Å². The van der Waals surface area contributed by atoms with Crippen molar-refractivity contribution >= 4 is 17.4 Å². The molecule has 19 heavy (non-hydrogen) atoms. The van der Waals surface area contributed by atoms with Crippen molar-refractivity contribution in [3.8, 4) is 11.8 Å². The van der Waals surface area contributed by atoms with Gasteiger partial charge in [0.1, 0.15) is 5.75 Å². The largest absolute Gasteiger partial charge is 0.507 e. The summed E-state index contributed by atoms with van der Waals surface area (Å²) in [5.41, 5.74) is 0.844. The molecule has 0 saturated carbocycles. The first-order valence-corrected chi connectivity index (χ1v) is 6.49. The third-order valence-electron chi connectivity index (χ3n) is 2.91. The molecule has 0 amide bonds. The summed E-state index contributed by atoms with van der Waals surface area (Å²) in [7, 11) is 0. The number of hydrogen-bond donors (Lipinski definition) is 1. The van der Waals surface area contributed by atoms with E-state index >= 15 is 0 Å². The molecule has 0 spiro atoms. The maximum atomic E-state index is 11.4. The van der Waals surface area contributed by atoms with Crippen LogP contribution in [0, 0.1) is 11.3 Å². The number of aromatic hydroxyl groups is 1. The molecule has 1 aromatic carbocycles. The van der Waals surface area contributed by atoms with Gasteiger partial charge in [0.05, 0.1) is 11.6 Å². The topological polar surface area (TPSA) is 64.3 Å². The smallest absolute Gasteiger partial charge is 0.163 e. The van der Waals surface area contributed by atoms with Crippen LogP contribution in [0.25, 0.3) is 0 Å². The first-order chi connectivity index (χ1) is 8.99. The molecule has 0 aliphatic rings. The van der Waals surface area contributed by atoms with Gasteiger partial charge < -0.3 is 5.11 Å². The lowest BCUT2D eigenvalue weighted by Crippen LogP contribution is -2.24. The number of halogens is 1. The van der Waals surface area contributed by atoms with Crippen LogP contribution in [0.4, 0.5) is 0 Å². The number of Topliss-reactive ketones (excluding diaryl/α,β-unsaturated/α-hetero) is 1. The first-order valence-electron chi connectivity index (χ1n) is 6.11. The van der Waals surface area contributed by atoms with E-state index in [1.54, 1.807) is 6.07 Å². The van der Waals surface area contributed by atoms with Crippen molar-refractivity contribution in [3.05, 3.63) is 28.3 Å². The van der Waals surface area contributed by atoms with Gasteiger partial charge in [0.2, 0.25) is 0 Å². The van der Waals surface area contributed by atoms with Gasteiger partial charge in [-0.2, -0.15) is 5.26 Å². The number of rotatable bonds is 6. The van der Waals surface area contributed by atoms with Crippen molar-refractivity contribution in [1.82, 2.24) is 4.90 Å². The molecule has 1 rings (SSSR count). The molecule has 0 bridgehead atoms. The summed E-state index contributed by atoms with van der Waals surface area (Å²) >= 11 is 5.96. The number of carbonyl (C=O) groups excluding carboxylic acids is 1. The lowest BCUT2D eigenvalue weighted by Gasteiger charge is -2.20. The van der Waals surface area contributed by atoms with E-state index in [-0.39, 0.29) is 17.1 Å². The van der Waals surface area contributed by atoms with Gasteiger partial charge in [-0.05, 0) is 25.6 Å². The minimum atomic E-state index is -0.221. The zero-order valence-corrected chi connectivity index (χ0v) is 11.9. The Bertz CT molecular complexity index is 509. The Balaban J connectivity index is 3.00. The standard InChI is InChI=1S/C14H17ClN2O2/c1-3-17(6-4-5-16)9-11-7-12(15)8-13(10(2)18)14(11)19/h7-8,19H,3-4,6,9H2,1-2H3. The quantitative estimate of drug-likeness (QED) is 0.814. The number of phenolic OH excluding ortho intramolecular Hbond substituents is 1. The molecule has 0 saturated heterocycles. The van der Waals surface area contributed by atoms with E-state index < -0.39 is 0 Å². The maximum absolute atomic E-state index is 11.4. The highest BCUT2D eigenvalue weighted by atomic mass is 35.5. The van der Waals surface area contributed by atoms with Crippen molar-refractivity contribution in [1.29, 1.82) is 5.26 Å². The highest BCUT2D eigenvalue weighted by molar-refractivity contribution is 6.31. The van der Waals surface area contributed by atoms with Gasteiger partial charge in [0.15, 0.2) is 5.78 Å². The van der Waals surface area contributed by atoms with Crippen LogP contribution in [0.3, 0.4) is 0 Å². The SMILES string of the molecule is CCN(CCC#N)Cc1cc(Cl)cc(C(C)=O)c1O. The summed E-state index contributed by atoms with van der Waals surface area (Å²) in [5, 5.41) is 19.1. The normalized spacial score (nSPS) is 10.5. The molecule has 5 heteroatoms. The predicted octanol–water partition coefficient (Wildman–Crippen LogP) is 2.98. The average Bonchev–Trinajstić information content (AvgIpc) is 2.37. The number of nitriles is 1. The van der Waals surface area contributed by atoms with Crippen molar-refractivity contribution in [2.45, 2.75) is 26.8 Å². The fraction of sp³-hybridized carbons (Fsp3) is 0.429. The molecule has 0 fully saturated rings. The van der Waals surface area contributed by atoms with E-state index in [4.69, 9.17) is 16.9 Å². The van der Waals surface area contributed by atoms with Crippen molar-refractivity contribution in [3.63, 3.8) is 0 Å². The van der Waals surface area contributed by atoms with E-state index in [1.165, 1.54) is 13.0 Å². The summed E-state index contributed by atoms with van der Waals surface area (Å²) in [6.45, 7) is 5.20. The summed E-state index contributed by atoms with van der Waals surface area (Å²) in [5.74, 6) is -0.242. The number of benzene rings is 1. The van der Waals surface area contributed by atoms with E-state index in [2.05, 4.69) is 6.07 Å². The molecule has 0 heterocycles. The third kappa shape index (κ3) is 4.23. The summed E-state index contributed by atoms with van der Waals surface area (Å²) < 4.78 is 0.